The molecule has 0 radical (unpaired) electrons. The predicted molar refractivity (Wildman–Crippen MR) is 113 cm³/mol. The highest BCUT2D eigenvalue weighted by molar-refractivity contribution is 5.85. The number of carbonyl (C=O) groups excluding carboxylic acids is 1. The molecule has 1 atom stereocenters. The molecular formula is C20H27Cl2N3O. The Balaban J connectivity index is 0.00000169. The van der Waals surface area contributed by atoms with Gasteiger partial charge >= 0.3 is 0 Å². The lowest BCUT2D eigenvalue weighted by Crippen LogP contribution is -2.51. The third-order valence-corrected chi connectivity index (χ3v) is 4.93. The highest BCUT2D eigenvalue weighted by Gasteiger charge is 2.26. The van der Waals surface area contributed by atoms with E-state index in [4.69, 9.17) is 5.73 Å². The minimum absolute atomic E-state index is 0. The molecule has 0 aromatic heterocycles. The Kier molecular flexibility index (Phi) is 8.41. The molecule has 6 heteroatoms. The van der Waals surface area contributed by atoms with Gasteiger partial charge in [0.2, 0.25) is 5.91 Å². The van der Waals surface area contributed by atoms with E-state index in [1.807, 2.05) is 35.2 Å². The van der Waals surface area contributed by atoms with Crippen LogP contribution in [0.4, 0.5) is 5.69 Å². The van der Waals surface area contributed by atoms with E-state index >= 15 is 0 Å². The lowest BCUT2D eigenvalue weighted by molar-refractivity contribution is -0.133. The summed E-state index contributed by atoms with van der Waals surface area (Å²) >= 11 is 0. The van der Waals surface area contributed by atoms with Crippen LogP contribution in [-0.2, 0) is 4.79 Å². The zero-order valence-electron chi connectivity index (χ0n) is 15.2. The molecule has 4 nitrogen and oxygen atoms in total. The Morgan fingerprint density at radius 3 is 2.15 bits per heavy atom. The fourth-order valence-electron chi connectivity index (χ4n) is 3.25. The summed E-state index contributed by atoms with van der Waals surface area (Å²) in [6.45, 7) is 7.42. The van der Waals surface area contributed by atoms with Crippen molar-refractivity contribution in [1.29, 1.82) is 0 Å². The second-order valence-corrected chi connectivity index (χ2v) is 6.42. The Labute approximate surface area is 168 Å². The molecule has 2 N–H and O–H groups in total. The molecule has 0 spiro atoms. The van der Waals surface area contributed by atoms with Gasteiger partial charge in [0.25, 0.3) is 0 Å². The van der Waals surface area contributed by atoms with Crippen molar-refractivity contribution in [2.45, 2.75) is 19.9 Å². The summed E-state index contributed by atoms with van der Waals surface area (Å²) in [4.78, 5) is 16.9. The van der Waals surface area contributed by atoms with Gasteiger partial charge in [0.15, 0.2) is 0 Å². The minimum atomic E-state index is -0.571. The van der Waals surface area contributed by atoms with E-state index in [2.05, 4.69) is 36.9 Å². The maximum absolute atomic E-state index is 12.6. The van der Waals surface area contributed by atoms with Crippen molar-refractivity contribution in [2.75, 3.05) is 31.1 Å². The molecule has 1 fully saturated rings. The minimum Gasteiger partial charge on any atom is -0.368 e. The van der Waals surface area contributed by atoms with E-state index in [0.29, 0.717) is 13.1 Å². The average Bonchev–Trinajstić information content (AvgIpc) is 2.64. The number of anilines is 1. The molecule has 1 aliphatic rings. The molecule has 1 heterocycles. The van der Waals surface area contributed by atoms with Gasteiger partial charge in [-0.25, -0.2) is 0 Å². The normalized spacial score (nSPS) is 14.9. The number of hydrogen-bond donors (Lipinski definition) is 1. The van der Waals surface area contributed by atoms with E-state index in [0.717, 1.165) is 18.7 Å². The number of carbonyl (C=O) groups is 1. The zero-order valence-corrected chi connectivity index (χ0v) is 16.9. The third-order valence-electron chi connectivity index (χ3n) is 4.93. The van der Waals surface area contributed by atoms with Crippen molar-refractivity contribution in [2.24, 2.45) is 5.73 Å². The standard InChI is InChI=1S/C20H25N3O.2ClH/c1-15-7-6-10-18(16(15)2)22-11-13-23(14-12-22)20(24)19(21)17-8-4-3-5-9-17;;/h3-10,19H,11-14,21H2,1-2H3;2*1H. The molecule has 3 rings (SSSR count). The number of rotatable bonds is 3. The summed E-state index contributed by atoms with van der Waals surface area (Å²) in [5, 5.41) is 0. The fraction of sp³-hybridized carbons (Fsp3) is 0.350. The van der Waals surface area contributed by atoms with E-state index in [9.17, 15) is 4.79 Å². The number of benzene rings is 2. The van der Waals surface area contributed by atoms with Crippen molar-refractivity contribution in [3.05, 3.63) is 65.2 Å². The van der Waals surface area contributed by atoms with Crippen LogP contribution in [-0.4, -0.2) is 37.0 Å². The number of nitrogens with two attached hydrogens (primary N) is 1. The van der Waals surface area contributed by atoms with Gasteiger partial charge in [-0.15, -0.1) is 24.8 Å². The van der Waals surface area contributed by atoms with E-state index in [1.165, 1.54) is 16.8 Å². The lowest BCUT2D eigenvalue weighted by Gasteiger charge is -2.38. The van der Waals surface area contributed by atoms with Crippen LogP contribution in [0.5, 0.6) is 0 Å². The lowest BCUT2D eigenvalue weighted by atomic mass is 10.1. The molecule has 0 saturated carbocycles. The number of hydrogen-bond acceptors (Lipinski definition) is 3. The van der Waals surface area contributed by atoms with Crippen LogP contribution in [0.3, 0.4) is 0 Å². The average molecular weight is 396 g/mol. The highest BCUT2D eigenvalue weighted by Crippen LogP contribution is 2.24. The maximum Gasteiger partial charge on any atom is 0.244 e. The number of piperazine rings is 1. The molecular weight excluding hydrogens is 369 g/mol. The van der Waals surface area contributed by atoms with Crippen LogP contribution in [0.15, 0.2) is 48.5 Å². The van der Waals surface area contributed by atoms with Gasteiger partial charge in [0, 0.05) is 31.9 Å². The first-order chi connectivity index (χ1) is 11.6. The van der Waals surface area contributed by atoms with E-state index in [1.54, 1.807) is 0 Å². The van der Waals surface area contributed by atoms with Crippen LogP contribution in [0.25, 0.3) is 0 Å². The summed E-state index contributed by atoms with van der Waals surface area (Å²) in [6, 6.07) is 15.4. The first-order valence-corrected chi connectivity index (χ1v) is 8.48. The highest BCUT2D eigenvalue weighted by atomic mass is 35.5. The molecule has 1 unspecified atom stereocenters. The molecule has 142 valence electrons. The quantitative estimate of drug-likeness (QED) is 0.864. The summed E-state index contributed by atoms with van der Waals surface area (Å²) in [5.74, 6) is 0.0156. The van der Waals surface area contributed by atoms with E-state index < -0.39 is 6.04 Å². The molecule has 26 heavy (non-hydrogen) atoms. The monoisotopic (exact) mass is 395 g/mol. The van der Waals surface area contributed by atoms with Gasteiger partial charge in [0.1, 0.15) is 6.04 Å². The van der Waals surface area contributed by atoms with Gasteiger partial charge in [-0.05, 0) is 36.6 Å². The van der Waals surface area contributed by atoms with Crippen LogP contribution >= 0.6 is 24.8 Å². The summed E-state index contributed by atoms with van der Waals surface area (Å²) in [6.07, 6.45) is 0. The molecule has 2 aromatic rings. The van der Waals surface area contributed by atoms with Crippen molar-refractivity contribution in [1.82, 2.24) is 4.90 Å². The number of amides is 1. The molecule has 0 aliphatic carbocycles. The second-order valence-electron chi connectivity index (χ2n) is 6.42. The van der Waals surface area contributed by atoms with Crippen LogP contribution < -0.4 is 10.6 Å². The van der Waals surface area contributed by atoms with Crippen molar-refractivity contribution >= 4 is 36.4 Å². The van der Waals surface area contributed by atoms with Gasteiger partial charge in [-0.1, -0.05) is 42.5 Å². The van der Waals surface area contributed by atoms with Gasteiger partial charge in [0.05, 0.1) is 0 Å². The molecule has 1 amide bonds. The van der Waals surface area contributed by atoms with Crippen LogP contribution in [0, 0.1) is 13.8 Å². The summed E-state index contributed by atoms with van der Waals surface area (Å²) in [7, 11) is 0. The van der Waals surface area contributed by atoms with Crippen LogP contribution in [0.1, 0.15) is 22.7 Å². The number of nitrogens with zero attached hydrogens (tertiary/aromatic N) is 2. The fourth-order valence-corrected chi connectivity index (χ4v) is 3.25. The molecule has 1 saturated heterocycles. The number of halogens is 2. The van der Waals surface area contributed by atoms with Crippen molar-refractivity contribution < 1.29 is 4.79 Å². The van der Waals surface area contributed by atoms with E-state index in [-0.39, 0.29) is 30.7 Å². The van der Waals surface area contributed by atoms with Crippen molar-refractivity contribution in [3.8, 4) is 0 Å². The molecule has 0 bridgehead atoms. The van der Waals surface area contributed by atoms with Crippen molar-refractivity contribution in [3.63, 3.8) is 0 Å². The Morgan fingerprint density at radius 2 is 1.54 bits per heavy atom. The second kappa shape index (κ2) is 9.81. The number of aryl methyl sites for hydroxylation is 1. The molecule has 2 aromatic carbocycles. The maximum atomic E-state index is 12.6. The van der Waals surface area contributed by atoms with Gasteiger partial charge in [-0.3, -0.25) is 4.79 Å². The smallest absolute Gasteiger partial charge is 0.244 e. The largest absolute Gasteiger partial charge is 0.368 e. The molecule has 1 aliphatic heterocycles. The Bertz CT molecular complexity index is 716. The summed E-state index contributed by atoms with van der Waals surface area (Å²) < 4.78 is 0. The first kappa shape index (κ1) is 22.3. The Morgan fingerprint density at radius 1 is 0.923 bits per heavy atom. The third kappa shape index (κ3) is 4.70. The van der Waals surface area contributed by atoms with Gasteiger partial charge in [-0.2, -0.15) is 0 Å². The SMILES string of the molecule is Cc1cccc(N2CCN(C(=O)C(N)c3ccccc3)CC2)c1C.Cl.Cl. The Hall–Kier alpha value is -1.75. The topological polar surface area (TPSA) is 49.6 Å². The van der Waals surface area contributed by atoms with Gasteiger partial charge < -0.3 is 15.5 Å². The predicted octanol–water partition coefficient (Wildman–Crippen LogP) is 3.50. The zero-order chi connectivity index (χ0) is 17.1. The first-order valence-electron chi connectivity index (χ1n) is 8.48. The van der Waals surface area contributed by atoms with Crippen LogP contribution in [0.2, 0.25) is 0 Å². The summed E-state index contributed by atoms with van der Waals surface area (Å²) in [5.41, 5.74) is 10.9.